The van der Waals surface area contributed by atoms with Crippen molar-refractivity contribution in [2.75, 3.05) is 23.3 Å². The Kier molecular flexibility index (Phi) is 4.69. The lowest BCUT2D eigenvalue weighted by atomic mass is 10.0. The highest BCUT2D eigenvalue weighted by molar-refractivity contribution is 5.92. The van der Waals surface area contributed by atoms with E-state index in [4.69, 9.17) is 0 Å². The first-order chi connectivity index (χ1) is 12.7. The second-order valence-corrected chi connectivity index (χ2v) is 6.96. The van der Waals surface area contributed by atoms with Gasteiger partial charge in [-0.25, -0.2) is 9.97 Å². The molecule has 1 fully saturated rings. The molecule has 0 bridgehead atoms. The Balaban J connectivity index is 1.45. The summed E-state index contributed by atoms with van der Waals surface area (Å²) in [5, 5.41) is 4.95. The molecule has 0 amide bonds. The van der Waals surface area contributed by atoms with Gasteiger partial charge in [0.15, 0.2) is 0 Å². The molecule has 3 heterocycles. The van der Waals surface area contributed by atoms with Gasteiger partial charge in [-0.05, 0) is 37.8 Å². The van der Waals surface area contributed by atoms with Crippen LogP contribution in [0.15, 0.2) is 42.9 Å². The maximum atomic E-state index is 4.54. The van der Waals surface area contributed by atoms with Crippen molar-refractivity contribution in [1.29, 1.82) is 0 Å². The second-order valence-electron chi connectivity index (χ2n) is 6.96. The van der Waals surface area contributed by atoms with Gasteiger partial charge in [0, 0.05) is 48.2 Å². The Morgan fingerprint density at radius 1 is 1.12 bits per heavy atom. The van der Waals surface area contributed by atoms with Gasteiger partial charge in [-0.3, -0.25) is 4.98 Å². The summed E-state index contributed by atoms with van der Waals surface area (Å²) < 4.78 is 0. The number of anilines is 2. The van der Waals surface area contributed by atoms with E-state index in [9.17, 15) is 0 Å². The molecule has 0 aliphatic carbocycles. The van der Waals surface area contributed by atoms with E-state index in [1.165, 1.54) is 16.6 Å². The average molecular weight is 347 g/mol. The van der Waals surface area contributed by atoms with Crippen LogP contribution in [0.3, 0.4) is 0 Å². The van der Waals surface area contributed by atoms with Gasteiger partial charge in [0.1, 0.15) is 12.1 Å². The number of hydrogen-bond donors (Lipinski definition) is 1. The number of piperidine rings is 1. The Morgan fingerprint density at radius 2 is 1.96 bits per heavy atom. The lowest BCUT2D eigenvalue weighted by Crippen LogP contribution is -2.39. The lowest BCUT2D eigenvalue weighted by Gasteiger charge is -2.33. The first-order valence-corrected chi connectivity index (χ1v) is 9.41. The minimum absolute atomic E-state index is 0.477. The number of hydrogen-bond acceptors (Lipinski definition) is 5. The molecule has 134 valence electrons. The van der Waals surface area contributed by atoms with E-state index in [0.717, 1.165) is 49.4 Å². The SMILES string of the molecule is CCc1cc(N2CCC(Nc3ccnc4c(C)cccc34)CC2)ncn1. The summed E-state index contributed by atoms with van der Waals surface area (Å²) in [4.78, 5) is 15.7. The minimum Gasteiger partial charge on any atom is -0.382 e. The molecule has 1 saturated heterocycles. The first-order valence-electron chi connectivity index (χ1n) is 9.41. The van der Waals surface area contributed by atoms with Gasteiger partial charge in [-0.15, -0.1) is 0 Å². The van der Waals surface area contributed by atoms with Crippen LogP contribution in [-0.2, 0) is 6.42 Å². The highest BCUT2D eigenvalue weighted by atomic mass is 15.2. The van der Waals surface area contributed by atoms with Gasteiger partial charge in [0.2, 0.25) is 0 Å². The zero-order valence-corrected chi connectivity index (χ0v) is 15.4. The molecular weight excluding hydrogens is 322 g/mol. The van der Waals surface area contributed by atoms with Gasteiger partial charge >= 0.3 is 0 Å². The number of aromatic nitrogens is 3. The summed E-state index contributed by atoms with van der Waals surface area (Å²) >= 11 is 0. The molecule has 2 aromatic heterocycles. The van der Waals surface area contributed by atoms with E-state index in [2.05, 4.69) is 69.3 Å². The third kappa shape index (κ3) is 3.34. The standard InChI is InChI=1S/C21H25N5/c1-3-16-13-20(24-14-23-16)26-11-8-17(9-12-26)25-19-7-10-22-21-15(2)5-4-6-18(19)21/h4-7,10,13-14,17H,3,8-9,11-12H2,1-2H3,(H,22,25). The maximum Gasteiger partial charge on any atom is 0.132 e. The fourth-order valence-corrected chi connectivity index (χ4v) is 3.67. The molecule has 0 spiro atoms. The van der Waals surface area contributed by atoms with Gasteiger partial charge in [-0.2, -0.15) is 0 Å². The predicted molar refractivity (Wildman–Crippen MR) is 107 cm³/mol. The maximum absolute atomic E-state index is 4.54. The van der Waals surface area contributed by atoms with E-state index in [-0.39, 0.29) is 0 Å². The van der Waals surface area contributed by atoms with Gasteiger partial charge < -0.3 is 10.2 Å². The number of benzene rings is 1. The van der Waals surface area contributed by atoms with Crippen molar-refractivity contribution in [3.8, 4) is 0 Å². The molecule has 1 aromatic carbocycles. The molecule has 1 N–H and O–H groups in total. The van der Waals surface area contributed by atoms with Crippen LogP contribution in [0.1, 0.15) is 31.0 Å². The molecule has 0 unspecified atom stereocenters. The van der Waals surface area contributed by atoms with E-state index in [1.54, 1.807) is 6.33 Å². The van der Waals surface area contributed by atoms with E-state index >= 15 is 0 Å². The van der Waals surface area contributed by atoms with Crippen molar-refractivity contribution in [1.82, 2.24) is 15.0 Å². The molecule has 0 atom stereocenters. The summed E-state index contributed by atoms with van der Waals surface area (Å²) in [6.07, 6.45) is 6.73. The Hall–Kier alpha value is -2.69. The predicted octanol–water partition coefficient (Wildman–Crippen LogP) is 3.98. The van der Waals surface area contributed by atoms with Crippen LogP contribution >= 0.6 is 0 Å². The number of para-hydroxylation sites is 1. The van der Waals surface area contributed by atoms with Crippen molar-refractivity contribution in [3.63, 3.8) is 0 Å². The van der Waals surface area contributed by atoms with Crippen molar-refractivity contribution >= 4 is 22.4 Å². The topological polar surface area (TPSA) is 53.9 Å². The third-order valence-electron chi connectivity index (χ3n) is 5.22. The molecule has 26 heavy (non-hydrogen) atoms. The van der Waals surface area contributed by atoms with Gasteiger partial charge in [0.05, 0.1) is 5.52 Å². The Labute approximate surface area is 154 Å². The molecule has 5 nitrogen and oxygen atoms in total. The number of nitrogens with zero attached hydrogens (tertiary/aromatic N) is 4. The number of nitrogens with one attached hydrogen (secondary N) is 1. The number of fused-ring (bicyclic) bond motifs is 1. The molecule has 0 radical (unpaired) electrons. The number of pyridine rings is 1. The fraction of sp³-hybridized carbons (Fsp3) is 0.381. The summed E-state index contributed by atoms with van der Waals surface area (Å²) in [6, 6.07) is 11.1. The monoisotopic (exact) mass is 347 g/mol. The fourth-order valence-electron chi connectivity index (χ4n) is 3.67. The largest absolute Gasteiger partial charge is 0.382 e. The van der Waals surface area contributed by atoms with Gasteiger partial charge in [-0.1, -0.05) is 25.1 Å². The zero-order chi connectivity index (χ0) is 17.9. The van der Waals surface area contributed by atoms with Crippen molar-refractivity contribution in [2.24, 2.45) is 0 Å². The third-order valence-corrected chi connectivity index (χ3v) is 5.22. The molecule has 3 aromatic rings. The van der Waals surface area contributed by atoms with E-state index < -0.39 is 0 Å². The molecule has 0 saturated carbocycles. The quantitative estimate of drug-likeness (QED) is 0.774. The van der Waals surface area contributed by atoms with Crippen LogP contribution in [-0.4, -0.2) is 34.1 Å². The van der Waals surface area contributed by atoms with Crippen LogP contribution < -0.4 is 10.2 Å². The second kappa shape index (κ2) is 7.28. The smallest absolute Gasteiger partial charge is 0.132 e. The molecular formula is C21H25N5. The molecule has 5 heteroatoms. The van der Waals surface area contributed by atoms with Crippen LogP contribution in [0.5, 0.6) is 0 Å². The summed E-state index contributed by atoms with van der Waals surface area (Å²) in [7, 11) is 0. The number of aryl methyl sites for hydroxylation is 2. The highest BCUT2D eigenvalue weighted by Gasteiger charge is 2.21. The zero-order valence-electron chi connectivity index (χ0n) is 15.4. The van der Waals surface area contributed by atoms with Crippen LogP contribution in [0, 0.1) is 6.92 Å². The van der Waals surface area contributed by atoms with Crippen molar-refractivity contribution in [3.05, 3.63) is 54.1 Å². The number of rotatable bonds is 4. The Bertz CT molecular complexity index is 900. The van der Waals surface area contributed by atoms with E-state index in [0.29, 0.717) is 6.04 Å². The van der Waals surface area contributed by atoms with Crippen LogP contribution in [0.4, 0.5) is 11.5 Å². The van der Waals surface area contributed by atoms with Gasteiger partial charge in [0.25, 0.3) is 0 Å². The van der Waals surface area contributed by atoms with Crippen LogP contribution in [0.2, 0.25) is 0 Å². The summed E-state index contributed by atoms with van der Waals surface area (Å²) in [6.45, 7) is 6.27. The minimum atomic E-state index is 0.477. The van der Waals surface area contributed by atoms with Crippen molar-refractivity contribution < 1.29 is 0 Å². The lowest BCUT2D eigenvalue weighted by molar-refractivity contribution is 0.523. The summed E-state index contributed by atoms with van der Waals surface area (Å²) in [5.41, 5.74) is 4.60. The summed E-state index contributed by atoms with van der Waals surface area (Å²) in [5.74, 6) is 1.06. The van der Waals surface area contributed by atoms with Crippen LogP contribution in [0.25, 0.3) is 10.9 Å². The molecule has 1 aliphatic rings. The van der Waals surface area contributed by atoms with Crippen molar-refractivity contribution in [2.45, 2.75) is 39.2 Å². The highest BCUT2D eigenvalue weighted by Crippen LogP contribution is 2.27. The Morgan fingerprint density at radius 3 is 2.77 bits per heavy atom. The molecule has 4 rings (SSSR count). The molecule has 1 aliphatic heterocycles. The average Bonchev–Trinajstić information content (AvgIpc) is 2.69. The van der Waals surface area contributed by atoms with E-state index in [1.807, 2.05) is 6.20 Å². The first kappa shape index (κ1) is 16.8. The normalized spacial score (nSPS) is 15.4.